The summed E-state index contributed by atoms with van der Waals surface area (Å²) in [5.74, 6) is 2.25. The van der Waals surface area contributed by atoms with Crippen LogP contribution < -0.4 is 5.73 Å². The van der Waals surface area contributed by atoms with E-state index in [1.165, 1.54) is 6.08 Å². The molecule has 3 nitrogen and oxygen atoms in total. The lowest BCUT2D eigenvalue weighted by molar-refractivity contribution is 0.0821. The fourth-order valence-electron chi connectivity index (χ4n) is 0.642. The maximum Gasteiger partial charge on any atom is 0.0894 e. The molecule has 0 bridgehead atoms. The third kappa shape index (κ3) is 3.19. The maximum absolute atomic E-state index is 9.14. The van der Waals surface area contributed by atoms with Gasteiger partial charge in [0.05, 0.1) is 18.2 Å². The monoisotopic (exact) mass is 155 g/mol. The van der Waals surface area contributed by atoms with Gasteiger partial charge in [0.25, 0.3) is 0 Å². The Morgan fingerprint density at radius 2 is 2.18 bits per heavy atom. The second-order valence-electron chi connectivity index (χ2n) is 2.28. The summed E-state index contributed by atoms with van der Waals surface area (Å²) in [5.41, 5.74) is 5.39. The molecule has 0 saturated carbocycles. The highest BCUT2D eigenvalue weighted by Crippen LogP contribution is 2.01. The highest BCUT2D eigenvalue weighted by molar-refractivity contribution is 4.96. The molecule has 0 aromatic carbocycles. The smallest absolute Gasteiger partial charge is 0.0894 e. The van der Waals surface area contributed by atoms with Crippen LogP contribution in [0.5, 0.6) is 0 Å². The molecule has 0 rings (SSSR count). The van der Waals surface area contributed by atoms with Gasteiger partial charge in [-0.3, -0.25) is 0 Å². The Morgan fingerprint density at radius 3 is 2.55 bits per heavy atom. The molecule has 0 radical (unpaired) electrons. The SMILES string of the molecule is C#CC[C@@H](O)[C@@H](N)C(O)C=C. The Kier molecular flexibility index (Phi) is 4.55. The molecule has 0 fully saturated rings. The topological polar surface area (TPSA) is 66.5 Å². The number of hydrogen-bond donors (Lipinski definition) is 3. The van der Waals surface area contributed by atoms with E-state index in [1.807, 2.05) is 0 Å². The number of aliphatic hydroxyl groups is 2. The molecule has 0 saturated heterocycles. The molecule has 0 aromatic heterocycles. The first kappa shape index (κ1) is 10.2. The lowest BCUT2D eigenvalue weighted by Crippen LogP contribution is -2.43. The van der Waals surface area contributed by atoms with Crippen molar-refractivity contribution in [1.82, 2.24) is 0 Å². The quantitative estimate of drug-likeness (QED) is 0.369. The molecule has 0 spiro atoms. The van der Waals surface area contributed by atoms with Crippen molar-refractivity contribution in [3.63, 3.8) is 0 Å². The van der Waals surface area contributed by atoms with Crippen LogP contribution in [0.25, 0.3) is 0 Å². The van der Waals surface area contributed by atoms with Crippen LogP contribution in [-0.2, 0) is 0 Å². The molecular formula is C8H13NO2. The number of aliphatic hydroxyl groups excluding tert-OH is 2. The zero-order chi connectivity index (χ0) is 8.85. The number of hydrogen-bond acceptors (Lipinski definition) is 3. The minimum atomic E-state index is -0.904. The predicted molar refractivity (Wildman–Crippen MR) is 43.6 cm³/mol. The molecule has 0 heterocycles. The van der Waals surface area contributed by atoms with Crippen molar-refractivity contribution >= 4 is 0 Å². The minimum absolute atomic E-state index is 0.145. The molecular weight excluding hydrogens is 142 g/mol. The Balaban J connectivity index is 3.91. The van der Waals surface area contributed by atoms with Gasteiger partial charge in [-0.05, 0) is 0 Å². The van der Waals surface area contributed by atoms with E-state index in [1.54, 1.807) is 0 Å². The maximum atomic E-state index is 9.14. The van der Waals surface area contributed by atoms with Crippen LogP contribution in [0.3, 0.4) is 0 Å². The summed E-state index contributed by atoms with van der Waals surface area (Å²) >= 11 is 0. The first-order chi connectivity index (χ1) is 5.13. The van der Waals surface area contributed by atoms with Crippen molar-refractivity contribution in [3.05, 3.63) is 12.7 Å². The Bertz CT molecular complexity index is 162. The fourth-order valence-corrected chi connectivity index (χ4v) is 0.642. The summed E-state index contributed by atoms with van der Waals surface area (Å²) in [5, 5.41) is 18.2. The standard InChI is InChI=1S/C8H13NO2/c1-3-5-7(11)8(9)6(10)4-2/h1,4,6-8,10-11H,2,5,9H2/t6?,7-,8+/m1/s1. The lowest BCUT2D eigenvalue weighted by atomic mass is 10.0. The van der Waals surface area contributed by atoms with Crippen LogP contribution in [0, 0.1) is 12.3 Å². The molecule has 11 heavy (non-hydrogen) atoms. The average molecular weight is 155 g/mol. The summed E-state index contributed by atoms with van der Waals surface area (Å²) in [6, 6.07) is -0.747. The summed E-state index contributed by atoms with van der Waals surface area (Å²) in [6.07, 6.45) is 4.58. The predicted octanol–water partition coefficient (Wildman–Crippen LogP) is -0.755. The fraction of sp³-hybridized carbons (Fsp3) is 0.500. The van der Waals surface area contributed by atoms with Gasteiger partial charge in [-0.15, -0.1) is 18.9 Å². The summed E-state index contributed by atoms with van der Waals surface area (Å²) in [6.45, 7) is 3.33. The Hall–Kier alpha value is -0.820. The van der Waals surface area contributed by atoms with Gasteiger partial charge >= 0.3 is 0 Å². The van der Waals surface area contributed by atoms with E-state index in [4.69, 9.17) is 22.4 Å². The summed E-state index contributed by atoms with van der Waals surface area (Å²) in [7, 11) is 0. The highest BCUT2D eigenvalue weighted by Gasteiger charge is 2.19. The van der Waals surface area contributed by atoms with E-state index in [2.05, 4.69) is 12.5 Å². The second-order valence-corrected chi connectivity index (χ2v) is 2.28. The van der Waals surface area contributed by atoms with Crippen molar-refractivity contribution in [3.8, 4) is 12.3 Å². The molecule has 3 heteroatoms. The van der Waals surface area contributed by atoms with Crippen molar-refractivity contribution in [2.24, 2.45) is 5.73 Å². The van der Waals surface area contributed by atoms with Crippen LogP contribution in [-0.4, -0.2) is 28.5 Å². The number of rotatable bonds is 4. The average Bonchev–Trinajstić information content (AvgIpc) is 2.02. The second kappa shape index (κ2) is 4.91. The van der Waals surface area contributed by atoms with Gasteiger partial charge in [-0.2, -0.15) is 0 Å². The molecule has 1 unspecified atom stereocenters. The largest absolute Gasteiger partial charge is 0.390 e. The van der Waals surface area contributed by atoms with Crippen LogP contribution in [0.4, 0.5) is 0 Å². The van der Waals surface area contributed by atoms with Crippen LogP contribution in [0.15, 0.2) is 12.7 Å². The van der Waals surface area contributed by atoms with Crippen molar-refractivity contribution < 1.29 is 10.2 Å². The summed E-state index contributed by atoms with van der Waals surface area (Å²) < 4.78 is 0. The van der Waals surface area contributed by atoms with Crippen molar-refractivity contribution in [2.75, 3.05) is 0 Å². The van der Waals surface area contributed by atoms with Gasteiger partial charge in [0.15, 0.2) is 0 Å². The molecule has 0 amide bonds. The van der Waals surface area contributed by atoms with E-state index >= 15 is 0 Å². The molecule has 0 aliphatic carbocycles. The first-order valence-corrected chi connectivity index (χ1v) is 3.31. The molecule has 4 N–H and O–H groups in total. The van der Waals surface area contributed by atoms with Crippen LogP contribution in [0.1, 0.15) is 6.42 Å². The third-order valence-corrected chi connectivity index (χ3v) is 1.41. The molecule has 0 aliphatic rings. The van der Waals surface area contributed by atoms with Gasteiger partial charge in [-0.25, -0.2) is 0 Å². The van der Waals surface area contributed by atoms with Crippen molar-refractivity contribution in [2.45, 2.75) is 24.7 Å². The molecule has 62 valence electrons. The lowest BCUT2D eigenvalue weighted by Gasteiger charge is -2.19. The van der Waals surface area contributed by atoms with E-state index in [0.29, 0.717) is 0 Å². The normalized spacial score (nSPS) is 18.0. The van der Waals surface area contributed by atoms with Crippen LogP contribution >= 0.6 is 0 Å². The zero-order valence-corrected chi connectivity index (χ0v) is 6.27. The third-order valence-electron chi connectivity index (χ3n) is 1.41. The Morgan fingerprint density at radius 1 is 1.64 bits per heavy atom. The highest BCUT2D eigenvalue weighted by atomic mass is 16.3. The van der Waals surface area contributed by atoms with E-state index in [0.717, 1.165) is 0 Å². The van der Waals surface area contributed by atoms with Gasteiger partial charge in [0, 0.05) is 6.42 Å². The first-order valence-electron chi connectivity index (χ1n) is 3.31. The van der Waals surface area contributed by atoms with Gasteiger partial charge in [-0.1, -0.05) is 6.08 Å². The van der Waals surface area contributed by atoms with Gasteiger partial charge in [0.1, 0.15) is 0 Å². The van der Waals surface area contributed by atoms with E-state index in [-0.39, 0.29) is 6.42 Å². The van der Waals surface area contributed by atoms with Crippen molar-refractivity contribution in [1.29, 1.82) is 0 Å². The van der Waals surface area contributed by atoms with E-state index in [9.17, 15) is 0 Å². The molecule has 0 aromatic rings. The Labute approximate surface area is 66.5 Å². The molecule has 0 aliphatic heterocycles. The van der Waals surface area contributed by atoms with Crippen LogP contribution in [0.2, 0.25) is 0 Å². The van der Waals surface area contributed by atoms with Gasteiger partial charge < -0.3 is 15.9 Å². The van der Waals surface area contributed by atoms with E-state index < -0.39 is 18.2 Å². The molecule has 3 atom stereocenters. The minimum Gasteiger partial charge on any atom is -0.390 e. The number of terminal acetylenes is 1. The van der Waals surface area contributed by atoms with Gasteiger partial charge in [0.2, 0.25) is 0 Å². The zero-order valence-electron chi connectivity index (χ0n) is 6.27. The summed E-state index contributed by atoms with van der Waals surface area (Å²) in [4.78, 5) is 0. The number of nitrogens with two attached hydrogens (primary N) is 1.